The highest BCUT2D eigenvalue weighted by Crippen LogP contribution is 2.14. The number of esters is 1. The molecule has 2 aromatic carbocycles. The van der Waals surface area contributed by atoms with Gasteiger partial charge in [0.25, 0.3) is 5.69 Å². The number of ether oxygens (including phenoxy) is 1. The van der Waals surface area contributed by atoms with Gasteiger partial charge in [0.2, 0.25) is 5.91 Å². The summed E-state index contributed by atoms with van der Waals surface area (Å²) in [6.45, 7) is 1.48. The molecule has 0 aromatic heterocycles. The number of anilines is 1. The molecule has 0 fully saturated rings. The van der Waals surface area contributed by atoms with E-state index in [-0.39, 0.29) is 24.6 Å². The Morgan fingerprint density at radius 2 is 1.62 bits per heavy atom. The molecule has 0 aliphatic carbocycles. The zero-order valence-corrected chi connectivity index (χ0v) is 13.0. The maximum Gasteiger partial charge on any atom is 0.310 e. The van der Waals surface area contributed by atoms with Crippen LogP contribution in [0.15, 0.2) is 48.5 Å². The monoisotopic (exact) mass is 328 g/mol. The summed E-state index contributed by atoms with van der Waals surface area (Å²) < 4.78 is 5.15. The minimum absolute atomic E-state index is 0.00987. The second-order valence-electron chi connectivity index (χ2n) is 5.14. The van der Waals surface area contributed by atoms with Crippen LogP contribution in [0.25, 0.3) is 0 Å². The van der Waals surface area contributed by atoms with Crippen molar-refractivity contribution >= 4 is 23.3 Å². The van der Waals surface area contributed by atoms with Crippen molar-refractivity contribution in [3.8, 4) is 0 Å². The number of non-ortho nitro benzene ring substituents is 1. The largest absolute Gasteiger partial charge is 0.461 e. The van der Waals surface area contributed by atoms with E-state index in [9.17, 15) is 19.7 Å². The number of nitrogens with one attached hydrogen (secondary N) is 1. The van der Waals surface area contributed by atoms with Crippen LogP contribution >= 0.6 is 0 Å². The molecule has 0 aliphatic rings. The fourth-order valence-electron chi connectivity index (χ4n) is 2.00. The molecule has 24 heavy (non-hydrogen) atoms. The quantitative estimate of drug-likeness (QED) is 0.499. The molecule has 0 aliphatic heterocycles. The van der Waals surface area contributed by atoms with Gasteiger partial charge in [-0.3, -0.25) is 19.7 Å². The fraction of sp³-hybridized carbons (Fsp3) is 0.176. The highest BCUT2D eigenvalue weighted by molar-refractivity contribution is 5.88. The number of amides is 1. The Hall–Kier alpha value is -3.22. The molecular formula is C17H16N2O5. The maximum absolute atomic E-state index is 11.8. The van der Waals surface area contributed by atoms with Crippen molar-refractivity contribution in [2.75, 3.05) is 5.32 Å². The standard InChI is InChI=1S/C17H16N2O5/c1-12(20)18-15-6-2-13(3-7-15)10-17(21)24-11-14-4-8-16(9-5-14)19(22)23/h2-9H,10-11H2,1H3,(H,18,20). The Labute approximate surface area is 138 Å². The summed E-state index contributed by atoms with van der Waals surface area (Å²) in [6, 6.07) is 12.7. The predicted molar refractivity (Wildman–Crippen MR) is 87.3 cm³/mol. The Kier molecular flexibility index (Phi) is 5.62. The number of nitro groups is 1. The van der Waals surface area contributed by atoms with Gasteiger partial charge >= 0.3 is 5.97 Å². The summed E-state index contributed by atoms with van der Waals surface area (Å²) in [6.07, 6.45) is 0.104. The van der Waals surface area contributed by atoms with Crippen molar-refractivity contribution in [1.29, 1.82) is 0 Å². The first-order valence-corrected chi connectivity index (χ1v) is 7.19. The highest BCUT2D eigenvalue weighted by Gasteiger charge is 2.08. The average Bonchev–Trinajstić information content (AvgIpc) is 2.54. The van der Waals surface area contributed by atoms with E-state index in [1.165, 1.54) is 19.1 Å². The number of rotatable bonds is 6. The van der Waals surface area contributed by atoms with E-state index in [1.807, 2.05) is 0 Å². The van der Waals surface area contributed by atoms with E-state index < -0.39 is 10.9 Å². The number of hydrogen-bond acceptors (Lipinski definition) is 5. The van der Waals surface area contributed by atoms with Crippen molar-refractivity contribution in [3.63, 3.8) is 0 Å². The average molecular weight is 328 g/mol. The SMILES string of the molecule is CC(=O)Nc1ccc(CC(=O)OCc2ccc([N+](=O)[O-])cc2)cc1. The molecule has 124 valence electrons. The van der Waals surface area contributed by atoms with E-state index in [1.54, 1.807) is 36.4 Å². The van der Waals surface area contributed by atoms with Gasteiger partial charge in [0.1, 0.15) is 6.61 Å². The van der Waals surface area contributed by atoms with Crippen LogP contribution in [0.5, 0.6) is 0 Å². The molecule has 0 unspecified atom stereocenters. The molecule has 0 radical (unpaired) electrons. The normalized spacial score (nSPS) is 10.0. The summed E-state index contributed by atoms with van der Waals surface area (Å²) in [7, 11) is 0. The first-order valence-electron chi connectivity index (χ1n) is 7.19. The fourth-order valence-corrected chi connectivity index (χ4v) is 2.00. The second kappa shape index (κ2) is 7.87. The summed E-state index contributed by atoms with van der Waals surface area (Å²) in [5, 5.41) is 13.2. The number of nitrogens with zero attached hydrogens (tertiary/aromatic N) is 1. The van der Waals surface area contributed by atoms with Crippen molar-refractivity contribution < 1.29 is 19.2 Å². The van der Waals surface area contributed by atoms with Crippen molar-refractivity contribution in [3.05, 3.63) is 69.8 Å². The number of hydrogen-bond donors (Lipinski definition) is 1. The molecule has 0 spiro atoms. The van der Waals surface area contributed by atoms with Gasteiger partial charge in [0.15, 0.2) is 0 Å². The number of carbonyl (C=O) groups excluding carboxylic acids is 2. The molecule has 0 bridgehead atoms. The maximum atomic E-state index is 11.8. The summed E-state index contributed by atoms with van der Waals surface area (Å²) in [5.41, 5.74) is 2.09. The van der Waals surface area contributed by atoms with Crippen LogP contribution in [-0.2, 0) is 27.4 Å². The van der Waals surface area contributed by atoms with Gasteiger partial charge in [0, 0.05) is 24.7 Å². The minimum Gasteiger partial charge on any atom is -0.461 e. The third-order valence-electron chi connectivity index (χ3n) is 3.17. The predicted octanol–water partition coefficient (Wildman–Crippen LogP) is 2.84. The van der Waals surface area contributed by atoms with Crippen LogP contribution in [0.2, 0.25) is 0 Å². The van der Waals surface area contributed by atoms with Gasteiger partial charge < -0.3 is 10.1 Å². The van der Waals surface area contributed by atoms with E-state index in [2.05, 4.69) is 5.32 Å². The first-order chi connectivity index (χ1) is 11.4. The molecule has 0 saturated carbocycles. The highest BCUT2D eigenvalue weighted by atomic mass is 16.6. The van der Waals surface area contributed by atoms with Crippen LogP contribution in [0.1, 0.15) is 18.1 Å². The van der Waals surface area contributed by atoms with Crippen molar-refractivity contribution in [2.45, 2.75) is 20.0 Å². The molecule has 0 saturated heterocycles. The summed E-state index contributed by atoms with van der Waals surface area (Å²) >= 11 is 0. The van der Waals surface area contributed by atoms with Gasteiger partial charge in [-0.2, -0.15) is 0 Å². The van der Waals surface area contributed by atoms with Gasteiger partial charge in [0.05, 0.1) is 11.3 Å². The third kappa shape index (κ3) is 5.20. The van der Waals surface area contributed by atoms with Crippen molar-refractivity contribution in [2.24, 2.45) is 0 Å². The number of benzene rings is 2. The van der Waals surface area contributed by atoms with E-state index in [0.29, 0.717) is 11.3 Å². The lowest BCUT2D eigenvalue weighted by molar-refractivity contribution is -0.384. The Bertz CT molecular complexity index is 739. The second-order valence-corrected chi connectivity index (χ2v) is 5.14. The third-order valence-corrected chi connectivity index (χ3v) is 3.17. The van der Waals surface area contributed by atoms with Gasteiger partial charge in [-0.1, -0.05) is 12.1 Å². The number of nitro benzene ring substituents is 1. The first kappa shape index (κ1) is 17.1. The number of carbonyl (C=O) groups is 2. The molecule has 7 heteroatoms. The van der Waals surface area contributed by atoms with Crippen LogP contribution in [0, 0.1) is 10.1 Å². The molecular weight excluding hydrogens is 312 g/mol. The molecule has 2 rings (SSSR count). The van der Waals surface area contributed by atoms with Crippen LogP contribution in [0.4, 0.5) is 11.4 Å². The lowest BCUT2D eigenvalue weighted by Crippen LogP contribution is -2.09. The lowest BCUT2D eigenvalue weighted by atomic mass is 10.1. The van der Waals surface area contributed by atoms with E-state index in [0.717, 1.165) is 5.56 Å². The zero-order valence-electron chi connectivity index (χ0n) is 13.0. The minimum atomic E-state index is -0.486. The van der Waals surface area contributed by atoms with Crippen LogP contribution in [-0.4, -0.2) is 16.8 Å². The molecule has 7 nitrogen and oxygen atoms in total. The molecule has 2 aromatic rings. The molecule has 1 amide bonds. The Morgan fingerprint density at radius 1 is 1.04 bits per heavy atom. The van der Waals surface area contributed by atoms with Gasteiger partial charge in [-0.15, -0.1) is 0 Å². The van der Waals surface area contributed by atoms with E-state index >= 15 is 0 Å². The smallest absolute Gasteiger partial charge is 0.310 e. The van der Waals surface area contributed by atoms with Crippen LogP contribution in [0.3, 0.4) is 0 Å². The zero-order chi connectivity index (χ0) is 17.5. The topological polar surface area (TPSA) is 98.5 Å². The summed E-state index contributed by atoms with van der Waals surface area (Å²) in [4.78, 5) is 32.8. The van der Waals surface area contributed by atoms with E-state index in [4.69, 9.17) is 4.74 Å². The Morgan fingerprint density at radius 3 is 2.17 bits per heavy atom. The summed E-state index contributed by atoms with van der Waals surface area (Å²) in [5.74, 6) is -0.564. The molecule has 0 heterocycles. The van der Waals surface area contributed by atoms with Crippen LogP contribution < -0.4 is 5.32 Å². The Balaban J connectivity index is 1.84. The van der Waals surface area contributed by atoms with Gasteiger partial charge in [-0.25, -0.2) is 0 Å². The lowest BCUT2D eigenvalue weighted by Gasteiger charge is -2.06. The van der Waals surface area contributed by atoms with Crippen molar-refractivity contribution in [1.82, 2.24) is 0 Å². The molecule has 0 atom stereocenters. The van der Waals surface area contributed by atoms with Gasteiger partial charge in [-0.05, 0) is 35.4 Å². The molecule has 1 N–H and O–H groups in total.